The maximum Gasteiger partial charge on any atom is 0.193 e. The molecule has 0 spiro atoms. The monoisotopic (exact) mass is 599 g/mol. The lowest BCUT2D eigenvalue weighted by molar-refractivity contribution is 0.103. The van der Waals surface area contributed by atoms with Gasteiger partial charge in [0.05, 0.1) is 20.4 Å². The maximum absolute atomic E-state index is 13.7. The molecular weight excluding hydrogens is 575 g/mol. The van der Waals surface area contributed by atoms with Gasteiger partial charge in [-0.15, -0.1) is 22.7 Å². The zero-order valence-electron chi connectivity index (χ0n) is 24.1. The van der Waals surface area contributed by atoms with Gasteiger partial charge in [0.25, 0.3) is 0 Å². The van der Waals surface area contributed by atoms with Crippen molar-refractivity contribution in [2.75, 3.05) is 0 Å². The summed E-state index contributed by atoms with van der Waals surface area (Å²) in [5.41, 5.74) is 6.99. The van der Waals surface area contributed by atoms with E-state index in [1.807, 2.05) is 40.9 Å². The van der Waals surface area contributed by atoms with E-state index < -0.39 is 0 Å². The van der Waals surface area contributed by atoms with E-state index in [1.54, 1.807) is 0 Å². The van der Waals surface area contributed by atoms with Crippen LogP contribution in [0.5, 0.6) is 0 Å². The van der Waals surface area contributed by atoms with Crippen molar-refractivity contribution < 1.29 is 4.79 Å². The lowest BCUT2D eigenvalue weighted by Gasteiger charge is -2.34. The van der Waals surface area contributed by atoms with Gasteiger partial charge in [-0.3, -0.25) is 4.79 Å². The van der Waals surface area contributed by atoms with Crippen LogP contribution in [-0.4, -0.2) is 10.4 Å². The molecule has 0 N–H and O–H groups in total. The highest BCUT2D eigenvalue weighted by Crippen LogP contribution is 2.52. The van der Waals surface area contributed by atoms with E-state index in [4.69, 9.17) is 0 Å². The first-order valence-electron chi connectivity index (χ1n) is 15.0. The second kappa shape index (κ2) is 8.44. The number of benzene rings is 6. The molecule has 10 rings (SSSR count). The van der Waals surface area contributed by atoms with Crippen molar-refractivity contribution in [3.63, 3.8) is 0 Å². The van der Waals surface area contributed by atoms with E-state index >= 15 is 0 Å². The van der Waals surface area contributed by atoms with Gasteiger partial charge >= 0.3 is 0 Å². The van der Waals surface area contributed by atoms with Gasteiger partial charge in [-0.1, -0.05) is 92.7 Å². The van der Waals surface area contributed by atoms with Gasteiger partial charge in [-0.05, 0) is 47.5 Å². The van der Waals surface area contributed by atoms with E-state index in [1.165, 1.54) is 62.2 Å². The molecule has 9 aromatic rings. The lowest BCUT2D eigenvalue weighted by atomic mass is 9.68. The summed E-state index contributed by atoms with van der Waals surface area (Å²) in [6.07, 6.45) is 0. The minimum Gasteiger partial charge on any atom is -0.309 e. The van der Waals surface area contributed by atoms with Crippen LogP contribution in [0.1, 0.15) is 40.9 Å². The molecule has 1 aliphatic carbocycles. The Kier molecular flexibility index (Phi) is 4.73. The highest BCUT2D eigenvalue weighted by molar-refractivity contribution is 7.33. The van der Waals surface area contributed by atoms with E-state index in [2.05, 4.69) is 115 Å². The number of hydrogen-bond acceptors (Lipinski definition) is 3. The second-order valence-electron chi connectivity index (χ2n) is 12.4. The summed E-state index contributed by atoms with van der Waals surface area (Å²) in [5.74, 6) is 0.112. The number of thiophene rings is 2. The van der Waals surface area contributed by atoms with Gasteiger partial charge in [-0.25, -0.2) is 0 Å². The van der Waals surface area contributed by atoms with E-state index in [0.29, 0.717) is 0 Å². The van der Waals surface area contributed by atoms with Crippen LogP contribution in [0.3, 0.4) is 0 Å². The number of fused-ring (bicyclic) bond motifs is 14. The van der Waals surface area contributed by atoms with Crippen molar-refractivity contribution >= 4 is 90.6 Å². The van der Waals surface area contributed by atoms with Crippen LogP contribution in [0.25, 0.3) is 67.8 Å². The zero-order valence-corrected chi connectivity index (χ0v) is 25.8. The van der Waals surface area contributed by atoms with E-state index in [9.17, 15) is 4.79 Å². The molecule has 0 fully saturated rings. The highest BCUT2D eigenvalue weighted by atomic mass is 32.1. The summed E-state index contributed by atoms with van der Waals surface area (Å²) >= 11 is 3.81. The van der Waals surface area contributed by atoms with Crippen molar-refractivity contribution in [1.29, 1.82) is 0 Å². The number of carbonyl (C=O) groups is 1. The zero-order chi connectivity index (χ0) is 29.3. The fourth-order valence-corrected chi connectivity index (χ4v) is 10.4. The molecule has 0 saturated carbocycles. The summed E-state index contributed by atoms with van der Waals surface area (Å²) in [6, 6.07) is 41.1. The third-order valence-corrected chi connectivity index (χ3v) is 12.3. The summed E-state index contributed by atoms with van der Waals surface area (Å²) in [5, 5.41) is 7.83. The Morgan fingerprint density at radius 2 is 1.16 bits per heavy atom. The van der Waals surface area contributed by atoms with Crippen molar-refractivity contribution in [3.8, 4) is 5.69 Å². The topological polar surface area (TPSA) is 22.0 Å². The van der Waals surface area contributed by atoms with Gasteiger partial charge < -0.3 is 4.57 Å². The minimum atomic E-state index is -0.310. The molecule has 0 bridgehead atoms. The molecule has 4 heteroatoms. The molecule has 0 radical (unpaired) electrons. The van der Waals surface area contributed by atoms with Crippen LogP contribution in [0.2, 0.25) is 0 Å². The Labute approximate surface area is 261 Å². The van der Waals surface area contributed by atoms with Gasteiger partial charge in [0.15, 0.2) is 5.78 Å². The first-order chi connectivity index (χ1) is 21.5. The third-order valence-electron chi connectivity index (χ3n) is 9.78. The number of para-hydroxylation sites is 1. The summed E-state index contributed by atoms with van der Waals surface area (Å²) < 4.78 is 7.81. The normalized spacial score (nSPS) is 14.4. The fraction of sp³-hybridized carbons (Fsp3) is 0.0750. The summed E-state index contributed by atoms with van der Waals surface area (Å²) in [6.45, 7) is 4.50. The lowest BCUT2D eigenvalue weighted by Crippen LogP contribution is -2.30. The number of carbonyl (C=O) groups excluding carboxylic acids is 1. The molecule has 6 aromatic carbocycles. The first-order valence-corrected chi connectivity index (χ1v) is 16.6. The average molecular weight is 600 g/mol. The van der Waals surface area contributed by atoms with Crippen molar-refractivity contribution in [3.05, 3.63) is 138 Å². The fourth-order valence-electron chi connectivity index (χ4n) is 7.79. The van der Waals surface area contributed by atoms with Crippen LogP contribution >= 0.6 is 22.7 Å². The number of rotatable bonds is 1. The standard InChI is InChI=1S/C40H25NOS2/c1-40(2)28-15-7-3-11-23(28)37(42)24-20-19-22(21-29(24)40)41-30-16-8-4-12-25(30)33-34-26-13-5-9-17-31(26)43-38(34)39-35(36(33)41)27-14-6-10-18-32(27)44-39/h3-21H,1-2H3. The molecule has 0 aliphatic heterocycles. The summed E-state index contributed by atoms with van der Waals surface area (Å²) in [4.78, 5) is 13.7. The largest absolute Gasteiger partial charge is 0.309 e. The average Bonchev–Trinajstić information content (AvgIpc) is 3.73. The Balaban J connectivity index is 1.42. The quantitative estimate of drug-likeness (QED) is 0.184. The van der Waals surface area contributed by atoms with Gasteiger partial charge in [-0.2, -0.15) is 0 Å². The van der Waals surface area contributed by atoms with Gasteiger partial charge in [0.1, 0.15) is 0 Å². The number of ketones is 1. The van der Waals surface area contributed by atoms with Crippen LogP contribution < -0.4 is 0 Å². The molecule has 0 unspecified atom stereocenters. The third kappa shape index (κ3) is 2.97. The Bertz CT molecular complexity index is 2720. The SMILES string of the molecule is CC1(C)c2ccccc2C(=O)c2ccc(-n3c4ccccc4c4c5c6ccccc6sc5c5sc6ccccc6c5c43)cc21. The minimum absolute atomic E-state index is 0.112. The molecule has 0 amide bonds. The Morgan fingerprint density at radius 3 is 1.93 bits per heavy atom. The maximum atomic E-state index is 13.7. The summed E-state index contributed by atoms with van der Waals surface area (Å²) in [7, 11) is 0. The van der Waals surface area contributed by atoms with Crippen LogP contribution in [-0.2, 0) is 5.41 Å². The van der Waals surface area contributed by atoms with E-state index in [0.717, 1.165) is 27.9 Å². The molecular formula is C40H25NOS2. The molecule has 1 aliphatic rings. The van der Waals surface area contributed by atoms with Crippen LogP contribution in [0.4, 0.5) is 0 Å². The molecule has 0 saturated heterocycles. The molecule has 3 aromatic heterocycles. The molecule has 44 heavy (non-hydrogen) atoms. The number of nitrogens with zero attached hydrogens (tertiary/aromatic N) is 1. The predicted octanol–water partition coefficient (Wildman–Crippen LogP) is 11.4. The molecule has 208 valence electrons. The molecule has 2 nitrogen and oxygen atoms in total. The number of hydrogen-bond donors (Lipinski definition) is 0. The highest BCUT2D eigenvalue weighted by Gasteiger charge is 2.37. The Hall–Kier alpha value is -4.77. The smallest absolute Gasteiger partial charge is 0.193 e. The van der Waals surface area contributed by atoms with E-state index in [-0.39, 0.29) is 11.2 Å². The van der Waals surface area contributed by atoms with Crippen LogP contribution in [0, 0.1) is 0 Å². The second-order valence-corrected chi connectivity index (χ2v) is 14.5. The van der Waals surface area contributed by atoms with Gasteiger partial charge in [0.2, 0.25) is 0 Å². The first kappa shape index (κ1) is 24.6. The Morgan fingerprint density at radius 1 is 0.568 bits per heavy atom. The van der Waals surface area contributed by atoms with Crippen molar-refractivity contribution in [2.45, 2.75) is 19.3 Å². The van der Waals surface area contributed by atoms with Crippen molar-refractivity contribution in [1.82, 2.24) is 4.57 Å². The van der Waals surface area contributed by atoms with Gasteiger partial charge in [0, 0.05) is 63.9 Å². The number of aromatic nitrogens is 1. The molecule has 0 atom stereocenters. The van der Waals surface area contributed by atoms with Crippen molar-refractivity contribution in [2.24, 2.45) is 0 Å². The molecule has 3 heterocycles. The van der Waals surface area contributed by atoms with Crippen LogP contribution in [0.15, 0.2) is 115 Å². The predicted molar refractivity (Wildman–Crippen MR) is 189 cm³/mol.